The molecule has 0 radical (unpaired) electrons. The zero-order valence-corrected chi connectivity index (χ0v) is 19.1. The molecule has 0 aliphatic carbocycles. The second kappa shape index (κ2) is 11.4. The van der Waals surface area contributed by atoms with Crippen LogP contribution in [0.4, 0.5) is 0 Å². The van der Waals surface area contributed by atoms with E-state index in [4.69, 9.17) is 23.7 Å². The number of benzene rings is 1. The maximum absolute atomic E-state index is 13.3. The molecule has 2 aromatic rings. The van der Waals surface area contributed by atoms with E-state index in [1.54, 1.807) is 29.2 Å². The maximum Gasteiger partial charge on any atom is 0.254 e. The van der Waals surface area contributed by atoms with Crippen molar-refractivity contribution in [2.75, 3.05) is 40.0 Å². The van der Waals surface area contributed by atoms with Gasteiger partial charge in [0.25, 0.3) is 5.91 Å². The Morgan fingerprint density at radius 3 is 2.19 bits per heavy atom. The lowest BCUT2D eigenvalue weighted by Crippen LogP contribution is -2.44. The number of carbonyl (C=O) groups is 1. The summed E-state index contributed by atoms with van der Waals surface area (Å²) in [7, 11) is 1.53. The molecule has 1 aliphatic heterocycles. The molecule has 0 bridgehead atoms. The number of ether oxygens (including phenoxy) is 5. The highest BCUT2D eigenvalue weighted by atomic mass is 16.5. The van der Waals surface area contributed by atoms with Crippen molar-refractivity contribution in [3.8, 4) is 29.0 Å². The van der Waals surface area contributed by atoms with E-state index < -0.39 is 0 Å². The molecule has 9 nitrogen and oxygen atoms in total. The van der Waals surface area contributed by atoms with Crippen molar-refractivity contribution in [2.45, 2.75) is 39.7 Å². The predicted octanol–water partition coefficient (Wildman–Crippen LogP) is 3.36. The summed E-state index contributed by atoms with van der Waals surface area (Å²) in [5.74, 6) is 2.24. The summed E-state index contributed by atoms with van der Waals surface area (Å²) in [5, 5.41) is 7.94. The van der Waals surface area contributed by atoms with Crippen LogP contribution in [0.5, 0.6) is 29.0 Å². The molecular formula is C23H31N3O6. The molecule has 1 amide bonds. The Labute approximate surface area is 188 Å². The molecule has 9 heteroatoms. The van der Waals surface area contributed by atoms with Gasteiger partial charge in [-0.3, -0.25) is 4.79 Å². The summed E-state index contributed by atoms with van der Waals surface area (Å²) in [5.41, 5.74) is 0.491. The molecule has 1 aromatic heterocycles. The normalized spacial score (nSPS) is 15.8. The van der Waals surface area contributed by atoms with Gasteiger partial charge in [0.05, 0.1) is 33.5 Å². The molecule has 2 heterocycles. The van der Waals surface area contributed by atoms with Gasteiger partial charge in [-0.2, -0.15) is 0 Å². The van der Waals surface area contributed by atoms with Crippen molar-refractivity contribution in [3.05, 3.63) is 29.8 Å². The average molecular weight is 446 g/mol. The highest BCUT2D eigenvalue weighted by Gasteiger charge is 2.28. The number of likely N-dealkylation sites (tertiary alicyclic amines) is 1. The van der Waals surface area contributed by atoms with E-state index in [0.717, 1.165) is 12.8 Å². The van der Waals surface area contributed by atoms with Crippen LogP contribution in [0.2, 0.25) is 0 Å². The van der Waals surface area contributed by atoms with Gasteiger partial charge >= 0.3 is 0 Å². The van der Waals surface area contributed by atoms with Crippen LogP contribution in [0, 0.1) is 0 Å². The molecule has 3 rings (SSSR count). The third-order valence-electron chi connectivity index (χ3n) is 4.93. The Morgan fingerprint density at radius 2 is 1.62 bits per heavy atom. The molecule has 0 N–H and O–H groups in total. The van der Waals surface area contributed by atoms with Gasteiger partial charge in [0, 0.05) is 24.2 Å². The summed E-state index contributed by atoms with van der Waals surface area (Å²) in [6.07, 6.45) is 1.49. The fraction of sp³-hybridized carbons (Fsp3) is 0.522. The standard InChI is InChI=1S/C23H31N3O6/c1-5-29-18-13-16(14-19(30-6-2)22(18)31-7-3)23(27)26-12-8-9-17(15-26)32-21-11-10-20(28-4)24-25-21/h10-11,13-14,17H,5-9,12,15H2,1-4H3. The topological polar surface area (TPSA) is 92.2 Å². The van der Waals surface area contributed by atoms with Crippen LogP contribution in [-0.4, -0.2) is 67.1 Å². The fourth-order valence-electron chi connectivity index (χ4n) is 3.56. The number of carbonyl (C=O) groups excluding carboxylic acids is 1. The van der Waals surface area contributed by atoms with Crippen molar-refractivity contribution >= 4 is 5.91 Å². The molecule has 1 aliphatic rings. The smallest absolute Gasteiger partial charge is 0.254 e. The van der Waals surface area contributed by atoms with E-state index in [-0.39, 0.29) is 12.0 Å². The van der Waals surface area contributed by atoms with E-state index >= 15 is 0 Å². The largest absolute Gasteiger partial charge is 0.490 e. The third-order valence-corrected chi connectivity index (χ3v) is 4.93. The summed E-state index contributed by atoms with van der Waals surface area (Å²) >= 11 is 0. The molecular weight excluding hydrogens is 414 g/mol. The Bertz CT molecular complexity index is 863. The molecule has 174 valence electrons. The minimum atomic E-state index is -0.171. The molecule has 1 saturated heterocycles. The Kier molecular flexibility index (Phi) is 8.35. The van der Waals surface area contributed by atoms with Gasteiger partial charge in [0.2, 0.25) is 17.5 Å². The number of piperidine rings is 1. The predicted molar refractivity (Wildman–Crippen MR) is 118 cm³/mol. The van der Waals surface area contributed by atoms with E-state index in [1.165, 1.54) is 7.11 Å². The first-order valence-electron chi connectivity index (χ1n) is 11.0. The molecule has 1 atom stereocenters. The van der Waals surface area contributed by atoms with Crippen molar-refractivity contribution in [2.24, 2.45) is 0 Å². The fourth-order valence-corrected chi connectivity index (χ4v) is 3.56. The first-order valence-corrected chi connectivity index (χ1v) is 11.0. The Morgan fingerprint density at radius 1 is 1.00 bits per heavy atom. The van der Waals surface area contributed by atoms with E-state index in [9.17, 15) is 4.79 Å². The minimum Gasteiger partial charge on any atom is -0.490 e. The second-order valence-corrected chi connectivity index (χ2v) is 7.15. The van der Waals surface area contributed by atoms with Crippen LogP contribution < -0.4 is 23.7 Å². The number of nitrogens with zero attached hydrogens (tertiary/aromatic N) is 3. The first-order chi connectivity index (χ1) is 15.6. The van der Waals surface area contributed by atoms with Crippen molar-refractivity contribution < 1.29 is 28.5 Å². The average Bonchev–Trinajstić information content (AvgIpc) is 2.81. The van der Waals surface area contributed by atoms with Crippen LogP contribution in [0.1, 0.15) is 44.0 Å². The van der Waals surface area contributed by atoms with E-state index in [0.29, 0.717) is 67.5 Å². The highest BCUT2D eigenvalue weighted by molar-refractivity contribution is 5.95. The maximum atomic E-state index is 13.3. The van der Waals surface area contributed by atoms with Gasteiger partial charge < -0.3 is 28.6 Å². The molecule has 1 unspecified atom stereocenters. The van der Waals surface area contributed by atoms with Gasteiger partial charge in [0.15, 0.2) is 11.5 Å². The van der Waals surface area contributed by atoms with Crippen LogP contribution in [0.15, 0.2) is 24.3 Å². The van der Waals surface area contributed by atoms with Crippen LogP contribution in [0.3, 0.4) is 0 Å². The zero-order valence-electron chi connectivity index (χ0n) is 19.1. The molecule has 1 fully saturated rings. The third kappa shape index (κ3) is 5.72. The van der Waals surface area contributed by atoms with Crippen LogP contribution in [-0.2, 0) is 0 Å². The lowest BCUT2D eigenvalue weighted by Gasteiger charge is -2.32. The quantitative estimate of drug-likeness (QED) is 0.550. The van der Waals surface area contributed by atoms with Crippen molar-refractivity contribution in [1.29, 1.82) is 0 Å². The number of aromatic nitrogens is 2. The number of methoxy groups -OCH3 is 1. The van der Waals surface area contributed by atoms with Crippen molar-refractivity contribution in [3.63, 3.8) is 0 Å². The summed E-state index contributed by atoms with van der Waals surface area (Å²) in [4.78, 5) is 15.1. The van der Waals surface area contributed by atoms with Gasteiger partial charge in [-0.25, -0.2) is 0 Å². The number of rotatable bonds is 10. The van der Waals surface area contributed by atoms with Crippen LogP contribution in [0.25, 0.3) is 0 Å². The molecule has 0 spiro atoms. The van der Waals surface area contributed by atoms with Crippen molar-refractivity contribution in [1.82, 2.24) is 15.1 Å². The number of hydrogen-bond acceptors (Lipinski definition) is 8. The van der Waals surface area contributed by atoms with Gasteiger partial charge in [0.1, 0.15) is 6.10 Å². The summed E-state index contributed by atoms with van der Waals surface area (Å²) in [6, 6.07) is 6.85. The Balaban J connectivity index is 1.77. The highest BCUT2D eigenvalue weighted by Crippen LogP contribution is 2.39. The first kappa shape index (κ1) is 23.4. The number of amides is 1. The summed E-state index contributed by atoms with van der Waals surface area (Å²) in [6.45, 7) is 8.14. The zero-order chi connectivity index (χ0) is 22.9. The molecule has 1 aromatic carbocycles. The SMILES string of the molecule is CCOc1cc(C(=O)N2CCCC(Oc3ccc(OC)nn3)C2)cc(OCC)c1OCC. The van der Waals surface area contributed by atoms with Gasteiger partial charge in [-0.05, 0) is 45.7 Å². The minimum absolute atomic E-state index is 0.107. The molecule has 0 saturated carbocycles. The van der Waals surface area contributed by atoms with E-state index in [2.05, 4.69) is 10.2 Å². The molecule has 32 heavy (non-hydrogen) atoms. The van der Waals surface area contributed by atoms with Gasteiger partial charge in [-0.1, -0.05) is 0 Å². The van der Waals surface area contributed by atoms with E-state index in [1.807, 2.05) is 20.8 Å². The van der Waals surface area contributed by atoms with Crippen LogP contribution >= 0.6 is 0 Å². The monoisotopic (exact) mass is 445 g/mol. The summed E-state index contributed by atoms with van der Waals surface area (Å²) < 4.78 is 28.2. The van der Waals surface area contributed by atoms with Gasteiger partial charge in [-0.15, -0.1) is 10.2 Å². The lowest BCUT2D eigenvalue weighted by molar-refractivity contribution is 0.0524. The Hall–Kier alpha value is -3.23. The second-order valence-electron chi connectivity index (χ2n) is 7.15. The number of hydrogen-bond donors (Lipinski definition) is 0. The lowest BCUT2D eigenvalue weighted by atomic mass is 10.1.